The number of amides is 3. The summed E-state index contributed by atoms with van der Waals surface area (Å²) in [6.45, 7) is 13.2. The summed E-state index contributed by atoms with van der Waals surface area (Å²) in [4.78, 5) is 32.6. The maximum absolute atomic E-state index is 12.0. The lowest BCUT2D eigenvalue weighted by Gasteiger charge is -2.28. The topological polar surface area (TPSA) is 122 Å². The van der Waals surface area contributed by atoms with E-state index < -0.39 is 11.5 Å². The van der Waals surface area contributed by atoms with E-state index in [9.17, 15) is 14.7 Å². The molecule has 3 amide bonds. The minimum atomic E-state index is -0.962. The number of carbonyl (C=O) groups is 3. The molecule has 260 valence electrons. The van der Waals surface area contributed by atoms with Gasteiger partial charge >= 0.3 is 0 Å². The Morgan fingerprint density at radius 1 is 0.756 bits per heavy atom. The predicted octanol–water partition coefficient (Wildman–Crippen LogP) is 8.23. The SMILES string of the molecule is CC.CC/C=C\C/C=C\C/C=C\C/C=C\C/C=C\CCCC(=O)NCCSSCCCCNC(=O)[C@H](O)C(C)(C)CC.NC=O. The van der Waals surface area contributed by atoms with Crippen LogP contribution in [0.15, 0.2) is 60.8 Å². The van der Waals surface area contributed by atoms with E-state index >= 15 is 0 Å². The summed E-state index contributed by atoms with van der Waals surface area (Å²) in [5, 5.41) is 15.9. The summed E-state index contributed by atoms with van der Waals surface area (Å²) in [6.07, 6.45) is 31.3. The largest absolute Gasteiger partial charge is 0.383 e. The number of primary amides is 1. The monoisotopic (exact) mass is 667 g/mol. The van der Waals surface area contributed by atoms with Crippen molar-refractivity contribution in [3.63, 3.8) is 0 Å². The highest BCUT2D eigenvalue weighted by atomic mass is 33.1. The highest BCUT2D eigenvalue weighted by Crippen LogP contribution is 2.25. The van der Waals surface area contributed by atoms with Crippen LogP contribution >= 0.6 is 21.6 Å². The fourth-order valence-corrected chi connectivity index (χ4v) is 5.38. The molecule has 0 aromatic rings. The molecule has 0 aromatic heterocycles. The maximum atomic E-state index is 12.0. The van der Waals surface area contributed by atoms with Gasteiger partial charge in [0.25, 0.3) is 0 Å². The van der Waals surface area contributed by atoms with Crippen LogP contribution in [0.5, 0.6) is 0 Å². The number of nitrogens with one attached hydrogen (secondary N) is 2. The van der Waals surface area contributed by atoms with Gasteiger partial charge in [0.1, 0.15) is 6.10 Å². The molecule has 9 heteroatoms. The Morgan fingerprint density at radius 3 is 1.76 bits per heavy atom. The third kappa shape index (κ3) is 36.1. The van der Waals surface area contributed by atoms with Gasteiger partial charge in [-0.1, -0.05) is 124 Å². The van der Waals surface area contributed by atoms with Crippen molar-refractivity contribution >= 4 is 39.8 Å². The first kappa shape index (κ1) is 47.2. The van der Waals surface area contributed by atoms with Crippen molar-refractivity contribution in [2.24, 2.45) is 11.1 Å². The lowest BCUT2D eigenvalue weighted by molar-refractivity contribution is -0.135. The zero-order chi connectivity index (χ0) is 34.4. The molecule has 0 aliphatic heterocycles. The summed E-state index contributed by atoms with van der Waals surface area (Å²) < 4.78 is 0. The zero-order valence-electron chi connectivity index (χ0n) is 29.1. The van der Waals surface area contributed by atoms with E-state index in [1.54, 1.807) is 21.6 Å². The Bertz CT molecular complexity index is 840. The van der Waals surface area contributed by atoms with Crippen LogP contribution in [-0.4, -0.2) is 54.0 Å². The number of aliphatic hydroxyl groups excluding tert-OH is 1. The molecule has 0 aliphatic carbocycles. The fourth-order valence-electron chi connectivity index (χ4n) is 3.33. The molecule has 5 N–H and O–H groups in total. The van der Waals surface area contributed by atoms with E-state index in [0.717, 1.165) is 75.7 Å². The highest BCUT2D eigenvalue weighted by molar-refractivity contribution is 8.76. The lowest BCUT2D eigenvalue weighted by atomic mass is 9.83. The third-order valence-electron chi connectivity index (χ3n) is 6.38. The summed E-state index contributed by atoms with van der Waals surface area (Å²) in [5.41, 5.74) is 3.77. The number of nitrogens with two attached hydrogens (primary N) is 1. The molecule has 0 aliphatic rings. The average molecular weight is 668 g/mol. The number of hydrogen-bond acceptors (Lipinski definition) is 6. The third-order valence-corrected chi connectivity index (χ3v) is 8.87. The first-order valence-corrected chi connectivity index (χ1v) is 19.1. The molecule has 0 heterocycles. The van der Waals surface area contributed by atoms with Crippen molar-refractivity contribution in [1.29, 1.82) is 0 Å². The van der Waals surface area contributed by atoms with Gasteiger partial charge in [0.05, 0.1) is 0 Å². The Balaban J connectivity index is -0.00000331. The fraction of sp³-hybridized carbons (Fsp3) is 0.639. The van der Waals surface area contributed by atoms with Gasteiger partial charge in [-0.2, -0.15) is 0 Å². The molecule has 0 saturated heterocycles. The van der Waals surface area contributed by atoms with E-state index in [0.29, 0.717) is 19.5 Å². The normalized spacial score (nSPS) is 12.3. The molecular formula is C36H65N3O4S2. The summed E-state index contributed by atoms with van der Waals surface area (Å²) in [5.74, 6) is 1.75. The quantitative estimate of drug-likeness (QED) is 0.0337. The van der Waals surface area contributed by atoms with Crippen LogP contribution < -0.4 is 16.4 Å². The maximum Gasteiger partial charge on any atom is 0.249 e. The second-order valence-corrected chi connectivity index (χ2v) is 13.2. The second kappa shape index (κ2) is 38.0. The number of hydrogen-bond donors (Lipinski definition) is 4. The number of rotatable bonds is 25. The molecule has 0 bridgehead atoms. The molecule has 0 unspecified atom stereocenters. The second-order valence-electron chi connectivity index (χ2n) is 10.5. The standard InChI is InChI=1S/C33H56N2O3S2.C2H6.CH3NO/c1-5-7-8-9-10-11-12-13-14-15-16-17-18-19-20-21-22-25-30(36)34-27-29-40-39-28-24-23-26-35-32(38)31(37)33(3,4)6-2;1-2;2-1-3/h7-8,10-11,13-14,16-17,19-20,31,37H,5-6,9,12,15,18,21-29H2,1-4H3,(H,34,36)(H,35,38);1-2H3;1H,(H2,2,3)/b8-7-,11-10-,14-13-,17-16-,20-19-;;/t31-;;/m0../s1. The van der Waals surface area contributed by atoms with Gasteiger partial charge in [-0.25, -0.2) is 0 Å². The number of allylic oxidation sites excluding steroid dienone is 10. The number of unbranched alkanes of at least 4 members (excludes halogenated alkanes) is 2. The van der Waals surface area contributed by atoms with Gasteiger partial charge in [0, 0.05) is 31.0 Å². The van der Waals surface area contributed by atoms with E-state index in [-0.39, 0.29) is 18.2 Å². The highest BCUT2D eigenvalue weighted by Gasteiger charge is 2.31. The summed E-state index contributed by atoms with van der Waals surface area (Å²) in [7, 11) is 3.57. The van der Waals surface area contributed by atoms with E-state index in [1.165, 1.54) is 0 Å². The lowest BCUT2D eigenvalue weighted by Crippen LogP contribution is -2.43. The van der Waals surface area contributed by atoms with Gasteiger partial charge in [-0.15, -0.1) is 0 Å². The number of carbonyl (C=O) groups excluding carboxylic acids is 3. The molecule has 0 radical (unpaired) electrons. The van der Waals surface area contributed by atoms with E-state index in [1.807, 2.05) is 34.6 Å². The van der Waals surface area contributed by atoms with Crippen LogP contribution in [-0.2, 0) is 14.4 Å². The summed E-state index contributed by atoms with van der Waals surface area (Å²) in [6, 6.07) is 0. The van der Waals surface area contributed by atoms with E-state index in [2.05, 4.69) is 84.1 Å². The minimum absolute atomic E-state index is 0.127. The van der Waals surface area contributed by atoms with Gasteiger partial charge in [-0.05, 0) is 69.6 Å². The summed E-state index contributed by atoms with van der Waals surface area (Å²) >= 11 is 0. The molecule has 0 fully saturated rings. The van der Waals surface area contributed by atoms with E-state index in [4.69, 9.17) is 4.79 Å². The first-order chi connectivity index (χ1) is 21.8. The van der Waals surface area contributed by atoms with Gasteiger partial charge in [-0.3, -0.25) is 14.4 Å². The van der Waals surface area contributed by atoms with Crippen molar-refractivity contribution in [2.75, 3.05) is 24.6 Å². The molecule has 45 heavy (non-hydrogen) atoms. The molecule has 0 rings (SSSR count). The Hall–Kier alpha value is -2.23. The Labute approximate surface area is 283 Å². The van der Waals surface area contributed by atoms with Crippen molar-refractivity contribution < 1.29 is 19.5 Å². The van der Waals surface area contributed by atoms with Crippen molar-refractivity contribution in [2.45, 2.75) is 118 Å². The molecule has 1 atom stereocenters. The van der Waals surface area contributed by atoms with Crippen LogP contribution in [0, 0.1) is 5.41 Å². The van der Waals surface area contributed by atoms with Crippen LogP contribution in [0.2, 0.25) is 0 Å². The van der Waals surface area contributed by atoms with Gasteiger partial charge in [0.2, 0.25) is 18.2 Å². The first-order valence-electron chi connectivity index (χ1n) is 16.6. The van der Waals surface area contributed by atoms with Gasteiger partial charge < -0.3 is 21.5 Å². The predicted molar refractivity (Wildman–Crippen MR) is 200 cm³/mol. The zero-order valence-corrected chi connectivity index (χ0v) is 30.7. The average Bonchev–Trinajstić information content (AvgIpc) is 3.04. The molecule has 0 spiro atoms. The van der Waals surface area contributed by atoms with Crippen molar-refractivity contribution in [3.05, 3.63) is 60.8 Å². The van der Waals surface area contributed by atoms with Crippen molar-refractivity contribution in [3.8, 4) is 0 Å². The number of aliphatic hydroxyl groups is 1. The van der Waals surface area contributed by atoms with Crippen LogP contribution in [0.3, 0.4) is 0 Å². The molecule has 0 saturated carbocycles. The molecule has 0 aromatic carbocycles. The Kier molecular flexibility index (Phi) is 39.8. The van der Waals surface area contributed by atoms with Crippen LogP contribution in [0.25, 0.3) is 0 Å². The molecule has 7 nitrogen and oxygen atoms in total. The van der Waals surface area contributed by atoms with Crippen LogP contribution in [0.4, 0.5) is 0 Å². The van der Waals surface area contributed by atoms with Crippen molar-refractivity contribution in [1.82, 2.24) is 10.6 Å². The Morgan fingerprint density at radius 2 is 1.24 bits per heavy atom. The minimum Gasteiger partial charge on any atom is -0.383 e. The smallest absolute Gasteiger partial charge is 0.249 e. The molecular weight excluding hydrogens is 603 g/mol. The van der Waals surface area contributed by atoms with Crippen LogP contribution in [0.1, 0.15) is 112 Å². The van der Waals surface area contributed by atoms with Gasteiger partial charge in [0.15, 0.2) is 0 Å².